The Hall–Kier alpha value is -2.60. The molecular formula is C21H18Si. The van der Waals surface area contributed by atoms with E-state index in [2.05, 4.69) is 109 Å². The Labute approximate surface area is 133 Å². The first-order valence-electron chi connectivity index (χ1n) is 7.41. The Morgan fingerprint density at radius 1 is 0.591 bits per heavy atom. The average molecular weight is 298 g/mol. The molecule has 0 aromatic heterocycles. The fourth-order valence-electron chi connectivity index (χ4n) is 3.01. The molecule has 3 rings (SSSR count). The van der Waals surface area contributed by atoms with Crippen LogP contribution in [-0.4, -0.2) is 8.07 Å². The molecule has 0 nitrogen and oxygen atoms in total. The molecule has 0 saturated heterocycles. The normalized spacial score (nSPS) is 10.7. The van der Waals surface area contributed by atoms with Gasteiger partial charge in [0.2, 0.25) is 0 Å². The minimum atomic E-state index is -2.22. The molecule has 0 atom stereocenters. The molecule has 1 heteroatoms. The number of hydrogen-bond acceptors (Lipinski definition) is 0. The third kappa shape index (κ3) is 2.48. The Balaban J connectivity index is 2.37. The average Bonchev–Trinajstić information content (AvgIpc) is 2.62. The summed E-state index contributed by atoms with van der Waals surface area (Å²) in [4.78, 5) is 0. The van der Waals surface area contributed by atoms with Crippen LogP contribution in [0.4, 0.5) is 0 Å². The quantitative estimate of drug-likeness (QED) is 0.394. The predicted octanol–water partition coefficient (Wildman–Crippen LogP) is 3.04. The van der Waals surface area contributed by atoms with E-state index in [0.29, 0.717) is 0 Å². The van der Waals surface area contributed by atoms with Crippen LogP contribution >= 0.6 is 0 Å². The van der Waals surface area contributed by atoms with Gasteiger partial charge in [0.15, 0.2) is 8.07 Å². The summed E-state index contributed by atoms with van der Waals surface area (Å²) < 4.78 is 0. The van der Waals surface area contributed by atoms with Crippen molar-refractivity contribution < 1.29 is 0 Å². The van der Waals surface area contributed by atoms with Gasteiger partial charge in [-0.05, 0) is 21.3 Å². The van der Waals surface area contributed by atoms with E-state index in [1.165, 1.54) is 15.6 Å². The Kier molecular flexibility index (Phi) is 4.20. The van der Waals surface area contributed by atoms with Gasteiger partial charge in [-0.25, -0.2) is 0 Å². The summed E-state index contributed by atoms with van der Waals surface area (Å²) >= 11 is 0. The van der Waals surface area contributed by atoms with Crippen LogP contribution in [0.15, 0.2) is 109 Å². The first kappa shape index (κ1) is 14.3. The van der Waals surface area contributed by atoms with Gasteiger partial charge in [0.05, 0.1) is 0 Å². The zero-order valence-electron chi connectivity index (χ0n) is 12.4. The van der Waals surface area contributed by atoms with Gasteiger partial charge >= 0.3 is 0 Å². The maximum atomic E-state index is 3.88. The molecule has 0 heterocycles. The van der Waals surface area contributed by atoms with E-state index in [9.17, 15) is 0 Å². The monoisotopic (exact) mass is 298 g/mol. The van der Waals surface area contributed by atoms with Crippen LogP contribution < -0.4 is 15.6 Å². The first-order valence-corrected chi connectivity index (χ1v) is 9.49. The van der Waals surface area contributed by atoms with Crippen LogP contribution in [0.1, 0.15) is 0 Å². The van der Waals surface area contributed by atoms with Crippen LogP contribution in [0.25, 0.3) is 0 Å². The zero-order valence-corrected chi connectivity index (χ0v) is 13.4. The van der Waals surface area contributed by atoms with Crippen LogP contribution in [0.5, 0.6) is 0 Å². The summed E-state index contributed by atoms with van der Waals surface area (Å²) in [6.45, 7) is 3.88. The molecule has 0 aliphatic heterocycles. The van der Waals surface area contributed by atoms with E-state index in [-0.39, 0.29) is 0 Å². The predicted molar refractivity (Wildman–Crippen MR) is 97.7 cm³/mol. The summed E-state index contributed by atoms with van der Waals surface area (Å²) in [7, 11) is -2.22. The van der Waals surface area contributed by atoms with E-state index in [1.807, 2.05) is 0 Å². The fourth-order valence-corrected chi connectivity index (χ4v) is 6.97. The zero-order chi connectivity index (χ0) is 15.3. The summed E-state index contributed by atoms with van der Waals surface area (Å²) in [6, 6.07) is 32.2. The van der Waals surface area contributed by atoms with Crippen LogP contribution in [0, 0.1) is 0 Å². The number of hydrogen-bond donors (Lipinski definition) is 0. The maximum Gasteiger partial charge on any atom is 0.180 e. The smallest absolute Gasteiger partial charge is 0.136 e. The molecule has 3 aromatic carbocycles. The lowest BCUT2D eigenvalue weighted by atomic mass is 10.3. The fraction of sp³-hybridized carbons (Fsp3) is 0. The molecule has 22 heavy (non-hydrogen) atoms. The van der Waals surface area contributed by atoms with Gasteiger partial charge in [0, 0.05) is 0 Å². The molecule has 0 saturated carbocycles. The molecule has 0 aliphatic carbocycles. The van der Waals surface area contributed by atoms with Crippen molar-refractivity contribution in [2.45, 2.75) is 0 Å². The van der Waals surface area contributed by atoms with Gasteiger partial charge in [-0.1, -0.05) is 97.6 Å². The van der Waals surface area contributed by atoms with Crippen LogP contribution in [0.2, 0.25) is 0 Å². The third-order valence-electron chi connectivity index (χ3n) is 4.01. The topological polar surface area (TPSA) is 0 Å². The van der Waals surface area contributed by atoms with Gasteiger partial charge in [-0.3, -0.25) is 0 Å². The molecule has 0 N–H and O–H groups in total. The Morgan fingerprint density at radius 2 is 0.909 bits per heavy atom. The van der Waals surface area contributed by atoms with E-state index in [4.69, 9.17) is 0 Å². The summed E-state index contributed by atoms with van der Waals surface area (Å²) in [6.07, 6.45) is 0. The molecule has 106 valence electrons. The van der Waals surface area contributed by atoms with E-state index in [1.54, 1.807) is 0 Å². The van der Waals surface area contributed by atoms with E-state index < -0.39 is 8.07 Å². The highest BCUT2D eigenvalue weighted by atomic mass is 28.3. The molecule has 0 spiro atoms. The summed E-state index contributed by atoms with van der Waals surface area (Å²) in [5.74, 6) is 0. The van der Waals surface area contributed by atoms with Gasteiger partial charge in [0.1, 0.15) is 0 Å². The second-order valence-electron chi connectivity index (χ2n) is 5.25. The molecular weight excluding hydrogens is 280 g/mol. The second-order valence-corrected chi connectivity index (χ2v) is 8.89. The van der Waals surface area contributed by atoms with Gasteiger partial charge in [-0.2, -0.15) is 0 Å². The van der Waals surface area contributed by atoms with Gasteiger partial charge in [-0.15, -0.1) is 5.73 Å². The lowest BCUT2D eigenvalue weighted by Crippen LogP contribution is -2.65. The highest BCUT2D eigenvalue weighted by Crippen LogP contribution is 2.08. The standard InChI is InChI=1S/C21H18Si/c1-2-18-22(19-12-6-3-7-13-19,20-14-8-4-9-15-20)21-16-10-5-11-17-21/h3-18H,1H2. The summed E-state index contributed by atoms with van der Waals surface area (Å²) in [5.41, 5.74) is 5.29. The minimum absolute atomic E-state index is 1.35. The van der Waals surface area contributed by atoms with Gasteiger partial charge < -0.3 is 0 Å². The molecule has 0 amide bonds. The molecule has 0 fully saturated rings. The number of rotatable bonds is 4. The molecule has 3 aromatic rings. The molecule has 0 aliphatic rings. The lowest BCUT2D eigenvalue weighted by molar-refractivity contribution is 1.68. The summed E-state index contributed by atoms with van der Waals surface area (Å²) in [5, 5.41) is 4.05. The van der Waals surface area contributed by atoms with Crippen molar-refractivity contribution in [1.29, 1.82) is 0 Å². The minimum Gasteiger partial charge on any atom is -0.136 e. The molecule has 0 bridgehead atoms. The Morgan fingerprint density at radius 3 is 1.18 bits per heavy atom. The highest BCUT2D eigenvalue weighted by Gasteiger charge is 2.36. The van der Waals surface area contributed by atoms with Gasteiger partial charge in [0.25, 0.3) is 0 Å². The maximum absolute atomic E-state index is 3.88. The SMILES string of the molecule is C=C=C[Si](c1ccccc1)(c1ccccc1)c1ccccc1. The van der Waals surface area contributed by atoms with E-state index >= 15 is 0 Å². The van der Waals surface area contributed by atoms with Crippen LogP contribution in [0.3, 0.4) is 0 Å². The van der Waals surface area contributed by atoms with Crippen molar-refractivity contribution in [3.8, 4) is 0 Å². The lowest BCUT2D eigenvalue weighted by Gasteiger charge is -2.29. The molecule has 0 radical (unpaired) electrons. The van der Waals surface area contributed by atoms with Crippen molar-refractivity contribution >= 4 is 23.6 Å². The highest BCUT2D eigenvalue weighted by molar-refractivity contribution is 7.14. The second kappa shape index (κ2) is 6.44. The van der Waals surface area contributed by atoms with E-state index in [0.717, 1.165) is 0 Å². The van der Waals surface area contributed by atoms with Crippen molar-refractivity contribution in [2.75, 3.05) is 0 Å². The van der Waals surface area contributed by atoms with Crippen LogP contribution in [-0.2, 0) is 0 Å². The third-order valence-corrected chi connectivity index (χ3v) is 8.38. The largest absolute Gasteiger partial charge is 0.180 e. The number of benzene rings is 3. The first-order chi connectivity index (χ1) is 10.9. The van der Waals surface area contributed by atoms with Crippen molar-refractivity contribution in [3.05, 3.63) is 109 Å². The Bertz CT molecular complexity index is 673. The van der Waals surface area contributed by atoms with Crippen molar-refractivity contribution in [3.63, 3.8) is 0 Å². The van der Waals surface area contributed by atoms with Crippen molar-refractivity contribution in [2.24, 2.45) is 0 Å². The molecule has 0 unspecified atom stereocenters. The van der Waals surface area contributed by atoms with Crippen molar-refractivity contribution in [1.82, 2.24) is 0 Å².